The summed E-state index contributed by atoms with van der Waals surface area (Å²) >= 11 is 2.03. The van der Waals surface area contributed by atoms with E-state index in [9.17, 15) is 0 Å². The molecule has 1 aliphatic heterocycles. The van der Waals surface area contributed by atoms with Gasteiger partial charge >= 0.3 is 0 Å². The molecule has 0 saturated carbocycles. The van der Waals surface area contributed by atoms with E-state index in [0.717, 1.165) is 30.6 Å². The molecular weight excluding hydrogens is 742 g/mol. The van der Waals surface area contributed by atoms with E-state index in [1.54, 1.807) is 5.57 Å². The summed E-state index contributed by atoms with van der Waals surface area (Å²) < 4.78 is 0. The van der Waals surface area contributed by atoms with Crippen LogP contribution in [-0.4, -0.2) is 15.7 Å². The fraction of sp³-hybridized carbons (Fsp3) is 0.200. The molecule has 2 nitrogen and oxygen atoms in total. The first kappa shape index (κ1) is 38.6. The van der Waals surface area contributed by atoms with Gasteiger partial charge in [-0.3, -0.25) is 0 Å². The first-order valence-electron chi connectivity index (χ1n) is 21.7. The van der Waals surface area contributed by atoms with Crippen LogP contribution in [0, 0.1) is 18.3 Å². The lowest BCUT2D eigenvalue weighted by Gasteiger charge is -2.42. The number of aryl methyl sites for hydroxylation is 1. The number of benzene rings is 6. The Kier molecular flexibility index (Phi) is 9.72. The van der Waals surface area contributed by atoms with Crippen LogP contribution >= 0.6 is 11.8 Å². The molecular formula is C55H52B2N2S. The third-order valence-electron chi connectivity index (χ3n) is 13.6. The topological polar surface area (TPSA) is 15.3 Å². The van der Waals surface area contributed by atoms with Crippen molar-refractivity contribution in [2.75, 3.05) is 10.2 Å². The molecule has 6 aromatic rings. The van der Waals surface area contributed by atoms with Gasteiger partial charge in [-0.1, -0.05) is 170 Å². The number of nitrogens with one attached hydrogen (secondary N) is 1. The van der Waals surface area contributed by atoms with Gasteiger partial charge in [0.15, 0.2) is 0 Å². The molecule has 2 unspecified atom stereocenters. The molecule has 3 aliphatic carbocycles. The number of hydrogen-bond donors (Lipinski definition) is 1. The molecule has 60 heavy (non-hydrogen) atoms. The van der Waals surface area contributed by atoms with E-state index in [-0.39, 0.29) is 11.3 Å². The molecule has 6 aromatic carbocycles. The Balaban J connectivity index is 1.29. The van der Waals surface area contributed by atoms with Gasteiger partial charge in [-0.25, -0.2) is 0 Å². The van der Waals surface area contributed by atoms with Crippen molar-refractivity contribution < 1.29 is 0 Å². The van der Waals surface area contributed by atoms with Gasteiger partial charge < -0.3 is 10.2 Å². The zero-order valence-corrected chi connectivity index (χ0v) is 36.8. The predicted octanol–water partition coefficient (Wildman–Crippen LogP) is 12.1. The Morgan fingerprint density at radius 3 is 2.30 bits per heavy atom. The molecule has 294 valence electrons. The Hall–Kier alpha value is -5.64. The van der Waals surface area contributed by atoms with Crippen LogP contribution in [0.3, 0.4) is 0 Å². The van der Waals surface area contributed by atoms with Crippen LogP contribution in [0.2, 0.25) is 0 Å². The van der Waals surface area contributed by atoms with E-state index in [2.05, 4.69) is 206 Å². The van der Waals surface area contributed by atoms with Crippen LogP contribution < -0.4 is 21.1 Å². The monoisotopic (exact) mass is 794 g/mol. The highest BCUT2D eigenvalue weighted by Gasteiger charge is 2.46. The molecule has 1 N–H and O–H groups in total. The number of thioether (sulfide) groups is 1. The first-order chi connectivity index (χ1) is 29.1. The minimum atomic E-state index is -0.0668. The minimum absolute atomic E-state index is 0.0668. The molecule has 1 heterocycles. The lowest BCUT2D eigenvalue weighted by atomic mass is 9.70. The molecule has 4 aliphatic rings. The van der Waals surface area contributed by atoms with E-state index in [0.29, 0.717) is 5.92 Å². The van der Waals surface area contributed by atoms with E-state index in [1.165, 1.54) is 93.5 Å². The highest BCUT2D eigenvalue weighted by atomic mass is 32.2. The fourth-order valence-corrected chi connectivity index (χ4v) is 12.0. The van der Waals surface area contributed by atoms with Crippen molar-refractivity contribution in [3.63, 3.8) is 0 Å². The van der Waals surface area contributed by atoms with E-state index >= 15 is 0 Å². The molecule has 0 fully saturated rings. The molecule has 0 bridgehead atoms. The van der Waals surface area contributed by atoms with Gasteiger partial charge in [0.1, 0.15) is 15.7 Å². The number of allylic oxidation sites excluding steroid dienone is 6. The second-order valence-electron chi connectivity index (χ2n) is 18.0. The van der Waals surface area contributed by atoms with Crippen molar-refractivity contribution in [3.8, 4) is 22.3 Å². The predicted molar refractivity (Wildman–Crippen MR) is 264 cm³/mol. The van der Waals surface area contributed by atoms with Crippen molar-refractivity contribution in [2.24, 2.45) is 11.3 Å². The zero-order valence-electron chi connectivity index (χ0n) is 36.0. The Morgan fingerprint density at radius 1 is 0.783 bits per heavy atom. The maximum Gasteiger partial charge on any atom is 0.139 e. The van der Waals surface area contributed by atoms with Crippen LogP contribution in [0.15, 0.2) is 172 Å². The van der Waals surface area contributed by atoms with Gasteiger partial charge in [-0.15, -0.1) is 0 Å². The second kappa shape index (κ2) is 15.1. The minimum Gasteiger partial charge on any atom is -0.355 e. The first-order valence-corrected chi connectivity index (χ1v) is 22.6. The summed E-state index contributed by atoms with van der Waals surface area (Å²) in [5.74, 6) is 0.679. The van der Waals surface area contributed by atoms with Crippen molar-refractivity contribution in [1.29, 1.82) is 0 Å². The van der Waals surface area contributed by atoms with Gasteiger partial charge in [0.2, 0.25) is 0 Å². The Morgan fingerprint density at radius 2 is 1.52 bits per heavy atom. The number of anilines is 4. The third-order valence-corrected chi connectivity index (χ3v) is 14.9. The molecule has 0 saturated heterocycles. The molecule has 0 spiro atoms. The van der Waals surface area contributed by atoms with Crippen molar-refractivity contribution in [1.82, 2.24) is 0 Å². The lowest BCUT2D eigenvalue weighted by molar-refractivity contribution is 0.367. The summed E-state index contributed by atoms with van der Waals surface area (Å²) in [5.41, 5.74) is 23.7. The second-order valence-corrected chi connectivity index (χ2v) is 19.0. The maximum atomic E-state index is 3.94. The average molecular weight is 795 g/mol. The SMILES string of the molecule is Bc1ccc(Nc2ccc(C)cc2)c(/C(=C2\Sc3c(ccc4c3CC(C)c3ccccc3-4)N(c3ccc(B)cc3-c3ccccc3)\C2=C\C)C2CC3=C(C=CC3)C2(C)C)c1. The van der Waals surface area contributed by atoms with Crippen LogP contribution in [0.25, 0.3) is 27.8 Å². The third kappa shape index (κ3) is 6.45. The van der Waals surface area contributed by atoms with Crippen molar-refractivity contribution in [2.45, 2.75) is 64.7 Å². The zero-order chi connectivity index (χ0) is 41.3. The summed E-state index contributed by atoms with van der Waals surface area (Å²) in [6.07, 6.45) is 10.3. The van der Waals surface area contributed by atoms with Gasteiger partial charge in [0.25, 0.3) is 0 Å². The Labute approximate surface area is 363 Å². The fourth-order valence-electron chi connectivity index (χ4n) is 10.6. The van der Waals surface area contributed by atoms with Crippen molar-refractivity contribution >= 4 is 66.7 Å². The van der Waals surface area contributed by atoms with Crippen molar-refractivity contribution in [3.05, 3.63) is 190 Å². The van der Waals surface area contributed by atoms with Gasteiger partial charge in [0, 0.05) is 32.3 Å². The highest BCUT2D eigenvalue weighted by molar-refractivity contribution is 8.03. The molecule has 5 heteroatoms. The normalized spacial score (nSPS) is 20.1. The smallest absolute Gasteiger partial charge is 0.139 e. The summed E-state index contributed by atoms with van der Waals surface area (Å²) in [6, 6.07) is 47.8. The quantitative estimate of drug-likeness (QED) is 0.169. The number of nitrogens with zero attached hydrogens (tertiary/aromatic N) is 1. The summed E-state index contributed by atoms with van der Waals surface area (Å²) in [6.45, 7) is 11.8. The summed E-state index contributed by atoms with van der Waals surface area (Å²) in [7, 11) is 4.47. The molecule has 0 aromatic heterocycles. The van der Waals surface area contributed by atoms with Crippen LogP contribution in [0.1, 0.15) is 68.7 Å². The lowest BCUT2D eigenvalue weighted by Crippen LogP contribution is -2.28. The van der Waals surface area contributed by atoms with Gasteiger partial charge in [0.05, 0.1) is 17.1 Å². The molecule has 0 amide bonds. The van der Waals surface area contributed by atoms with Gasteiger partial charge in [-0.2, -0.15) is 0 Å². The maximum absolute atomic E-state index is 3.94. The van der Waals surface area contributed by atoms with Crippen LogP contribution in [0.5, 0.6) is 0 Å². The van der Waals surface area contributed by atoms with E-state index in [4.69, 9.17) is 0 Å². The number of rotatable bonds is 6. The van der Waals surface area contributed by atoms with Gasteiger partial charge in [-0.05, 0) is 120 Å². The molecule has 2 atom stereocenters. The van der Waals surface area contributed by atoms with Crippen LogP contribution in [-0.2, 0) is 6.42 Å². The number of fused-ring (bicyclic) bond motifs is 5. The van der Waals surface area contributed by atoms with E-state index < -0.39 is 0 Å². The summed E-state index contributed by atoms with van der Waals surface area (Å²) in [4.78, 5) is 5.36. The van der Waals surface area contributed by atoms with E-state index in [1.807, 2.05) is 11.8 Å². The standard InChI is InChI=1S/C55H52B2N2S/c1-6-49-54(52(47-30-36-15-12-18-46(36)55(47,4)5)45-32-37(56)21-26-48(45)58-39-23-19-33(2)20-24-39)60-53-44-29-34(3)40-16-10-11-17-41(40)42(44)25-28-51(53)59(49)50-27-22-38(57)31-43(50)35-13-8-7-9-14-35/h6-14,16-28,31-32,34,47,58H,15,29-30,56-57H2,1-5H3/b49-6+,54-52+. The summed E-state index contributed by atoms with van der Waals surface area (Å²) in [5, 5.41) is 3.94. The number of hydrogen-bond acceptors (Lipinski definition) is 3. The average Bonchev–Trinajstić information content (AvgIpc) is 3.83. The highest BCUT2D eigenvalue weighted by Crippen LogP contribution is 2.62. The molecule has 0 radical (unpaired) electrons. The molecule has 10 rings (SSSR count). The van der Waals surface area contributed by atoms with Crippen LogP contribution in [0.4, 0.5) is 22.7 Å². The Bertz CT molecular complexity index is 2830. The largest absolute Gasteiger partial charge is 0.355 e.